The van der Waals surface area contributed by atoms with Crippen molar-refractivity contribution in [1.82, 2.24) is 0 Å². The Morgan fingerprint density at radius 2 is 1.90 bits per heavy atom. The van der Waals surface area contributed by atoms with E-state index in [2.05, 4.69) is 67.6 Å². The van der Waals surface area contributed by atoms with Gasteiger partial charge in [-0.2, -0.15) is 0 Å². The van der Waals surface area contributed by atoms with Crippen molar-refractivity contribution in [2.75, 3.05) is 7.11 Å². The van der Waals surface area contributed by atoms with Crippen molar-refractivity contribution in [1.29, 1.82) is 0 Å². The number of alkyl halides is 1. The number of methoxy groups -OCH3 is 1. The molecule has 0 aliphatic rings. The van der Waals surface area contributed by atoms with Gasteiger partial charge in [-0.3, -0.25) is 0 Å². The van der Waals surface area contributed by atoms with Gasteiger partial charge in [-0.05, 0) is 40.6 Å². The van der Waals surface area contributed by atoms with Crippen LogP contribution < -0.4 is 4.74 Å². The van der Waals surface area contributed by atoms with Gasteiger partial charge in [0.2, 0.25) is 0 Å². The summed E-state index contributed by atoms with van der Waals surface area (Å²) in [6.45, 7) is 0. The van der Waals surface area contributed by atoms with Gasteiger partial charge in [-0.15, -0.1) is 11.3 Å². The first-order valence-electron chi connectivity index (χ1n) is 6.14. The van der Waals surface area contributed by atoms with Crippen LogP contribution in [0.25, 0.3) is 10.1 Å². The first-order chi connectivity index (χ1) is 9.70. The molecule has 20 heavy (non-hydrogen) atoms. The smallest absolute Gasteiger partial charge is 0.123 e. The van der Waals surface area contributed by atoms with Gasteiger partial charge in [0.15, 0.2) is 0 Å². The first-order valence-corrected chi connectivity index (χ1v) is 8.73. The van der Waals surface area contributed by atoms with Crippen LogP contribution >= 0.6 is 43.2 Å². The lowest BCUT2D eigenvalue weighted by molar-refractivity contribution is 0.410. The molecule has 0 radical (unpaired) electrons. The van der Waals surface area contributed by atoms with E-state index in [0.717, 1.165) is 15.8 Å². The molecule has 1 heterocycles. The Hall–Kier alpha value is -0.840. The van der Waals surface area contributed by atoms with Crippen LogP contribution in [0.2, 0.25) is 0 Å². The highest BCUT2D eigenvalue weighted by Crippen LogP contribution is 2.42. The zero-order valence-corrected chi connectivity index (χ0v) is 14.8. The van der Waals surface area contributed by atoms with Crippen LogP contribution in [0.1, 0.15) is 16.0 Å². The number of benzene rings is 2. The Morgan fingerprint density at radius 1 is 1.10 bits per heavy atom. The second-order valence-electron chi connectivity index (χ2n) is 4.44. The Bertz CT molecular complexity index is 751. The van der Waals surface area contributed by atoms with Gasteiger partial charge in [0.05, 0.1) is 11.9 Å². The van der Waals surface area contributed by atoms with Gasteiger partial charge in [-0.25, -0.2) is 0 Å². The average Bonchev–Trinajstić information content (AvgIpc) is 2.90. The molecule has 0 amide bonds. The van der Waals surface area contributed by atoms with E-state index in [1.807, 2.05) is 12.1 Å². The summed E-state index contributed by atoms with van der Waals surface area (Å²) < 4.78 is 7.84. The van der Waals surface area contributed by atoms with E-state index in [1.54, 1.807) is 18.4 Å². The Morgan fingerprint density at radius 3 is 2.70 bits per heavy atom. The highest BCUT2D eigenvalue weighted by molar-refractivity contribution is 9.10. The molecule has 1 unspecified atom stereocenters. The fraction of sp³-hybridized carbons (Fsp3) is 0.125. The summed E-state index contributed by atoms with van der Waals surface area (Å²) in [5, 5.41) is 3.51. The molecule has 0 saturated carbocycles. The van der Waals surface area contributed by atoms with E-state index < -0.39 is 0 Å². The highest BCUT2D eigenvalue weighted by atomic mass is 79.9. The number of fused-ring (bicyclic) bond motifs is 1. The molecule has 2 aromatic carbocycles. The summed E-state index contributed by atoms with van der Waals surface area (Å²) in [5.74, 6) is 0.894. The van der Waals surface area contributed by atoms with Crippen LogP contribution in [0, 0.1) is 0 Å². The number of ether oxygens (including phenoxy) is 1. The van der Waals surface area contributed by atoms with Gasteiger partial charge >= 0.3 is 0 Å². The van der Waals surface area contributed by atoms with E-state index in [9.17, 15) is 0 Å². The Labute approximate surface area is 138 Å². The quantitative estimate of drug-likeness (QED) is 0.469. The Kier molecular flexibility index (Phi) is 4.15. The molecule has 0 saturated heterocycles. The third kappa shape index (κ3) is 2.52. The second kappa shape index (κ2) is 5.88. The summed E-state index contributed by atoms with van der Waals surface area (Å²) in [4.78, 5) is 0.117. The summed E-state index contributed by atoms with van der Waals surface area (Å²) in [5.41, 5.74) is 2.41. The van der Waals surface area contributed by atoms with Gasteiger partial charge in [0, 0.05) is 14.7 Å². The predicted molar refractivity (Wildman–Crippen MR) is 93.3 cm³/mol. The minimum Gasteiger partial charge on any atom is -0.496 e. The molecule has 3 aromatic rings. The fourth-order valence-corrected chi connectivity index (χ4v) is 4.54. The van der Waals surface area contributed by atoms with Crippen molar-refractivity contribution in [2.24, 2.45) is 0 Å². The normalized spacial score (nSPS) is 12.6. The first kappa shape index (κ1) is 14.1. The largest absolute Gasteiger partial charge is 0.496 e. The lowest BCUT2D eigenvalue weighted by Crippen LogP contribution is -1.96. The third-order valence-electron chi connectivity index (χ3n) is 3.25. The van der Waals surface area contributed by atoms with E-state index in [-0.39, 0.29) is 4.83 Å². The molecule has 3 rings (SSSR count). The number of rotatable bonds is 3. The maximum atomic E-state index is 5.48. The molecular formula is C16H12Br2OS. The number of hydrogen-bond donors (Lipinski definition) is 0. The summed E-state index contributed by atoms with van der Waals surface area (Å²) in [7, 11) is 1.71. The monoisotopic (exact) mass is 410 g/mol. The van der Waals surface area contributed by atoms with Crippen LogP contribution in [-0.4, -0.2) is 7.11 Å². The van der Waals surface area contributed by atoms with E-state index >= 15 is 0 Å². The van der Waals surface area contributed by atoms with Crippen LogP contribution in [0.15, 0.2) is 52.3 Å². The lowest BCUT2D eigenvalue weighted by Gasteiger charge is -2.14. The van der Waals surface area contributed by atoms with Crippen molar-refractivity contribution < 1.29 is 4.74 Å². The zero-order chi connectivity index (χ0) is 14.1. The predicted octanol–water partition coefficient (Wildman–Crippen LogP) is 6.16. The van der Waals surface area contributed by atoms with Crippen LogP contribution in [0.4, 0.5) is 0 Å². The highest BCUT2D eigenvalue weighted by Gasteiger charge is 2.18. The number of hydrogen-bond acceptors (Lipinski definition) is 2. The molecule has 0 aliphatic carbocycles. The molecule has 1 atom stereocenters. The zero-order valence-electron chi connectivity index (χ0n) is 10.8. The third-order valence-corrected chi connectivity index (χ3v) is 5.71. The van der Waals surface area contributed by atoms with Crippen LogP contribution in [0.3, 0.4) is 0 Å². The molecule has 1 aromatic heterocycles. The molecule has 0 fully saturated rings. The van der Waals surface area contributed by atoms with Crippen molar-refractivity contribution in [3.8, 4) is 5.75 Å². The van der Waals surface area contributed by atoms with Gasteiger partial charge in [0.1, 0.15) is 5.75 Å². The molecule has 0 spiro atoms. The van der Waals surface area contributed by atoms with Crippen molar-refractivity contribution in [3.05, 3.63) is 63.4 Å². The minimum absolute atomic E-state index is 0.117. The minimum atomic E-state index is 0.117. The lowest BCUT2D eigenvalue weighted by atomic mass is 10.0. The topological polar surface area (TPSA) is 9.23 Å². The number of thiophene rings is 1. The second-order valence-corrected chi connectivity index (χ2v) is 7.18. The van der Waals surface area contributed by atoms with Crippen LogP contribution in [-0.2, 0) is 0 Å². The molecule has 0 bridgehead atoms. The van der Waals surface area contributed by atoms with Crippen LogP contribution in [0.5, 0.6) is 5.75 Å². The van der Waals surface area contributed by atoms with E-state index in [0.29, 0.717) is 0 Å². The summed E-state index contributed by atoms with van der Waals surface area (Å²) in [6, 6.07) is 14.6. The maximum Gasteiger partial charge on any atom is 0.123 e. The van der Waals surface area contributed by atoms with Gasteiger partial charge in [-0.1, -0.05) is 50.1 Å². The standard InChI is InChI=1S/C16H12Br2OS/c1-19-14-7-6-10(17)8-12(14)16(18)13-9-20-15-5-3-2-4-11(13)15/h2-9,16H,1H3. The maximum absolute atomic E-state index is 5.48. The Balaban J connectivity index is 2.13. The van der Waals surface area contributed by atoms with Crippen molar-refractivity contribution in [3.63, 3.8) is 0 Å². The molecular weight excluding hydrogens is 400 g/mol. The fourth-order valence-electron chi connectivity index (χ4n) is 2.27. The summed E-state index contributed by atoms with van der Waals surface area (Å²) >= 11 is 9.13. The van der Waals surface area contributed by atoms with Crippen molar-refractivity contribution >= 4 is 53.3 Å². The van der Waals surface area contributed by atoms with E-state index in [1.165, 1.54) is 15.6 Å². The average molecular weight is 412 g/mol. The molecule has 0 N–H and O–H groups in total. The van der Waals surface area contributed by atoms with Crippen molar-refractivity contribution in [2.45, 2.75) is 4.83 Å². The van der Waals surface area contributed by atoms with Gasteiger partial charge < -0.3 is 4.74 Å². The SMILES string of the molecule is COc1ccc(Br)cc1C(Br)c1csc2ccccc12. The summed E-state index contributed by atoms with van der Waals surface area (Å²) in [6.07, 6.45) is 0. The van der Waals surface area contributed by atoms with E-state index in [4.69, 9.17) is 4.74 Å². The number of halogens is 2. The molecule has 4 heteroatoms. The van der Waals surface area contributed by atoms with Gasteiger partial charge in [0.25, 0.3) is 0 Å². The molecule has 102 valence electrons. The molecule has 0 aliphatic heterocycles. The molecule has 1 nitrogen and oxygen atoms in total.